The summed E-state index contributed by atoms with van der Waals surface area (Å²) >= 11 is 0. The van der Waals surface area contributed by atoms with E-state index in [1.807, 2.05) is 30.3 Å². The molecule has 3 aromatic rings. The summed E-state index contributed by atoms with van der Waals surface area (Å²) in [6.45, 7) is 0.0460. The highest BCUT2D eigenvalue weighted by atomic mass is 19.1. The van der Waals surface area contributed by atoms with E-state index < -0.39 is 4.92 Å². The Hall–Kier alpha value is -3.21. The highest BCUT2D eigenvalue weighted by Gasteiger charge is 2.09. The zero-order valence-electron chi connectivity index (χ0n) is 12.7. The van der Waals surface area contributed by atoms with E-state index in [-0.39, 0.29) is 12.4 Å². The average molecular weight is 323 g/mol. The fourth-order valence-electron chi connectivity index (χ4n) is 2.48. The molecule has 0 unspecified atom stereocenters. The minimum atomic E-state index is -0.525. The summed E-state index contributed by atoms with van der Waals surface area (Å²) in [7, 11) is 0. The molecule has 0 saturated carbocycles. The van der Waals surface area contributed by atoms with E-state index in [4.69, 9.17) is 4.74 Å². The molecule has 0 fully saturated rings. The molecule has 120 valence electrons. The molecule has 0 atom stereocenters. The molecule has 0 amide bonds. The molecule has 0 N–H and O–H groups in total. The van der Waals surface area contributed by atoms with E-state index in [1.54, 1.807) is 24.3 Å². The predicted molar refractivity (Wildman–Crippen MR) is 90.7 cm³/mol. The molecule has 5 heteroatoms. The quantitative estimate of drug-likeness (QED) is 0.500. The Morgan fingerprint density at radius 3 is 2.58 bits per heavy atom. The summed E-state index contributed by atoms with van der Waals surface area (Å²) in [6, 6.07) is 17.5. The van der Waals surface area contributed by atoms with Gasteiger partial charge in [-0.25, -0.2) is 4.39 Å². The molecule has 3 aromatic carbocycles. The van der Waals surface area contributed by atoms with Crippen molar-refractivity contribution in [1.82, 2.24) is 0 Å². The third kappa shape index (κ3) is 3.41. The van der Waals surface area contributed by atoms with Gasteiger partial charge in [-0.05, 0) is 22.9 Å². The maximum Gasteiger partial charge on any atom is 0.235 e. The lowest BCUT2D eigenvalue weighted by Crippen LogP contribution is -2.00. The van der Waals surface area contributed by atoms with Gasteiger partial charge in [0, 0.05) is 17.2 Å². The van der Waals surface area contributed by atoms with Crippen LogP contribution < -0.4 is 4.74 Å². The van der Waals surface area contributed by atoms with Gasteiger partial charge in [-0.1, -0.05) is 48.5 Å². The number of nitrogens with zero attached hydrogens (tertiary/aromatic N) is 1. The molecule has 0 aliphatic carbocycles. The van der Waals surface area contributed by atoms with Crippen molar-refractivity contribution in [1.29, 1.82) is 0 Å². The van der Waals surface area contributed by atoms with E-state index in [9.17, 15) is 14.5 Å². The van der Waals surface area contributed by atoms with E-state index in [2.05, 4.69) is 0 Å². The largest absolute Gasteiger partial charge is 0.488 e. The average Bonchev–Trinajstić information content (AvgIpc) is 2.59. The number of fused-ring (bicyclic) bond motifs is 1. The van der Waals surface area contributed by atoms with Crippen molar-refractivity contribution >= 4 is 16.8 Å². The Morgan fingerprint density at radius 2 is 1.79 bits per heavy atom. The van der Waals surface area contributed by atoms with Crippen LogP contribution in [0.3, 0.4) is 0 Å². The smallest absolute Gasteiger partial charge is 0.235 e. The summed E-state index contributed by atoms with van der Waals surface area (Å²) in [5, 5.41) is 12.5. The van der Waals surface area contributed by atoms with Crippen molar-refractivity contribution in [3.8, 4) is 5.75 Å². The molecular formula is C19H14FNO3. The Morgan fingerprint density at radius 1 is 1.04 bits per heavy atom. The molecule has 3 rings (SSSR count). The van der Waals surface area contributed by atoms with Crippen molar-refractivity contribution in [2.75, 3.05) is 0 Å². The van der Waals surface area contributed by atoms with Crippen molar-refractivity contribution in [3.63, 3.8) is 0 Å². The fraction of sp³-hybridized carbons (Fsp3) is 0.0526. The Labute approximate surface area is 138 Å². The number of hydrogen-bond acceptors (Lipinski definition) is 3. The van der Waals surface area contributed by atoms with Crippen molar-refractivity contribution < 1.29 is 14.1 Å². The molecule has 0 heterocycles. The van der Waals surface area contributed by atoms with Crippen LogP contribution in [0.2, 0.25) is 0 Å². The maximum absolute atomic E-state index is 13.7. The van der Waals surface area contributed by atoms with Crippen LogP contribution >= 0.6 is 0 Å². The molecule has 0 aromatic heterocycles. The molecule has 0 aliphatic rings. The molecule has 0 saturated heterocycles. The van der Waals surface area contributed by atoms with E-state index in [0.29, 0.717) is 16.9 Å². The van der Waals surface area contributed by atoms with E-state index in [0.717, 1.165) is 17.0 Å². The zero-order valence-corrected chi connectivity index (χ0v) is 12.7. The van der Waals surface area contributed by atoms with Crippen molar-refractivity contribution in [3.05, 3.63) is 93.9 Å². The molecule has 0 bridgehead atoms. The second-order valence-electron chi connectivity index (χ2n) is 5.18. The Bertz CT molecular complexity index is 921. The maximum atomic E-state index is 13.7. The summed E-state index contributed by atoms with van der Waals surface area (Å²) < 4.78 is 19.4. The second kappa shape index (κ2) is 6.91. The number of hydrogen-bond donors (Lipinski definition) is 0. The highest BCUT2D eigenvalue weighted by molar-refractivity contribution is 5.93. The fourth-order valence-corrected chi connectivity index (χ4v) is 2.48. The third-order valence-corrected chi connectivity index (χ3v) is 3.63. The van der Waals surface area contributed by atoms with E-state index in [1.165, 1.54) is 12.1 Å². The van der Waals surface area contributed by atoms with Crippen LogP contribution in [0.5, 0.6) is 5.75 Å². The first-order chi connectivity index (χ1) is 11.6. The van der Waals surface area contributed by atoms with Gasteiger partial charge in [-0.3, -0.25) is 10.1 Å². The van der Waals surface area contributed by atoms with Crippen LogP contribution in [-0.4, -0.2) is 4.92 Å². The van der Waals surface area contributed by atoms with Gasteiger partial charge in [-0.2, -0.15) is 0 Å². The van der Waals surface area contributed by atoms with Crippen LogP contribution in [-0.2, 0) is 6.61 Å². The molecule has 0 spiro atoms. The van der Waals surface area contributed by atoms with Crippen molar-refractivity contribution in [2.45, 2.75) is 6.61 Å². The van der Waals surface area contributed by atoms with Gasteiger partial charge in [0.2, 0.25) is 6.20 Å². The molecular weight excluding hydrogens is 309 g/mol. The standard InChI is InChI=1S/C19H14FNO3/c20-18-8-4-2-6-15(18)13-24-19-10-9-14-5-1-3-7-16(14)17(19)11-12-21(22)23/h1-12H,13H2/b12-11+. The molecule has 0 radical (unpaired) electrons. The first-order valence-corrected chi connectivity index (χ1v) is 7.35. The summed E-state index contributed by atoms with van der Waals surface area (Å²) in [4.78, 5) is 10.1. The number of rotatable bonds is 5. The second-order valence-corrected chi connectivity index (χ2v) is 5.18. The SMILES string of the molecule is O=[N+]([O-])/C=C/c1c(OCc2ccccc2F)ccc2ccccc12. The van der Waals surface area contributed by atoms with Crippen LogP contribution in [0, 0.1) is 15.9 Å². The van der Waals surface area contributed by atoms with E-state index >= 15 is 0 Å². The van der Waals surface area contributed by atoms with Gasteiger partial charge in [-0.15, -0.1) is 0 Å². The Kier molecular flexibility index (Phi) is 4.52. The number of ether oxygens (including phenoxy) is 1. The van der Waals surface area contributed by atoms with Gasteiger partial charge in [0.05, 0.1) is 4.92 Å². The van der Waals surface area contributed by atoms with Gasteiger partial charge < -0.3 is 4.74 Å². The minimum Gasteiger partial charge on any atom is -0.488 e. The number of benzene rings is 3. The molecule has 0 aliphatic heterocycles. The lowest BCUT2D eigenvalue weighted by Gasteiger charge is -2.12. The lowest BCUT2D eigenvalue weighted by molar-refractivity contribution is -0.400. The minimum absolute atomic E-state index is 0.0460. The highest BCUT2D eigenvalue weighted by Crippen LogP contribution is 2.30. The van der Waals surface area contributed by atoms with Gasteiger partial charge in [0.25, 0.3) is 0 Å². The predicted octanol–water partition coefficient (Wildman–Crippen LogP) is 4.81. The molecule has 4 nitrogen and oxygen atoms in total. The molecule has 24 heavy (non-hydrogen) atoms. The summed E-state index contributed by atoms with van der Waals surface area (Å²) in [5.41, 5.74) is 1.02. The number of halogens is 1. The van der Waals surface area contributed by atoms with Crippen LogP contribution in [0.4, 0.5) is 4.39 Å². The normalized spacial score (nSPS) is 11.0. The van der Waals surface area contributed by atoms with Crippen LogP contribution in [0.25, 0.3) is 16.8 Å². The van der Waals surface area contributed by atoms with Gasteiger partial charge >= 0.3 is 0 Å². The van der Waals surface area contributed by atoms with Crippen molar-refractivity contribution in [2.24, 2.45) is 0 Å². The Balaban J connectivity index is 1.99. The topological polar surface area (TPSA) is 52.4 Å². The van der Waals surface area contributed by atoms with Gasteiger partial charge in [0.15, 0.2) is 0 Å². The summed E-state index contributed by atoms with van der Waals surface area (Å²) in [5.74, 6) is 0.121. The lowest BCUT2D eigenvalue weighted by atomic mass is 10.0. The van der Waals surface area contributed by atoms with Crippen LogP contribution in [0.15, 0.2) is 66.9 Å². The third-order valence-electron chi connectivity index (χ3n) is 3.63. The number of nitro groups is 1. The first-order valence-electron chi connectivity index (χ1n) is 7.35. The monoisotopic (exact) mass is 323 g/mol. The first kappa shape index (κ1) is 15.7. The zero-order chi connectivity index (χ0) is 16.9. The van der Waals surface area contributed by atoms with Gasteiger partial charge in [0.1, 0.15) is 18.2 Å². The van der Waals surface area contributed by atoms with Crippen LogP contribution in [0.1, 0.15) is 11.1 Å². The summed E-state index contributed by atoms with van der Waals surface area (Å²) in [6.07, 6.45) is 2.27.